The van der Waals surface area contributed by atoms with E-state index in [0.717, 1.165) is 18.3 Å². The Morgan fingerprint density at radius 2 is 1.73 bits per heavy atom. The molecule has 1 aliphatic carbocycles. The van der Waals surface area contributed by atoms with Crippen molar-refractivity contribution in [2.45, 2.75) is 39.0 Å². The number of hydrogen-bond donors (Lipinski definition) is 0. The van der Waals surface area contributed by atoms with E-state index in [1.807, 2.05) is 0 Å². The largest absolute Gasteiger partial charge is 0.493 e. The van der Waals surface area contributed by atoms with Crippen LogP contribution in [-0.2, 0) is 0 Å². The first-order valence-corrected chi connectivity index (χ1v) is 6.04. The van der Waals surface area contributed by atoms with Gasteiger partial charge in [-0.05, 0) is 37.8 Å². The van der Waals surface area contributed by atoms with Gasteiger partial charge >= 0.3 is 0 Å². The summed E-state index contributed by atoms with van der Waals surface area (Å²) in [4.78, 5) is 0. The molecule has 0 spiro atoms. The zero-order valence-electron chi connectivity index (χ0n) is 9.54. The summed E-state index contributed by atoms with van der Waals surface area (Å²) in [6.07, 6.45) is 6.91. The second-order valence-corrected chi connectivity index (χ2v) is 4.63. The summed E-state index contributed by atoms with van der Waals surface area (Å²) < 4.78 is 5.80. The number of benzene rings is 1. The molecule has 15 heavy (non-hydrogen) atoms. The van der Waals surface area contributed by atoms with Crippen LogP contribution >= 0.6 is 0 Å². The van der Waals surface area contributed by atoms with Crippen molar-refractivity contribution in [2.75, 3.05) is 6.61 Å². The van der Waals surface area contributed by atoms with Gasteiger partial charge < -0.3 is 4.74 Å². The molecule has 1 aromatic carbocycles. The molecule has 0 radical (unpaired) electrons. The molecule has 0 bridgehead atoms. The van der Waals surface area contributed by atoms with Crippen molar-refractivity contribution in [3.05, 3.63) is 29.8 Å². The Hall–Kier alpha value is -0.980. The van der Waals surface area contributed by atoms with Crippen LogP contribution in [0, 0.1) is 12.8 Å². The highest BCUT2D eigenvalue weighted by molar-refractivity contribution is 5.26. The van der Waals surface area contributed by atoms with Gasteiger partial charge in [0.2, 0.25) is 0 Å². The highest BCUT2D eigenvalue weighted by atomic mass is 16.5. The first-order chi connectivity index (χ1) is 7.34. The maximum atomic E-state index is 5.80. The molecule has 2 rings (SSSR count). The molecule has 1 saturated carbocycles. The maximum Gasteiger partial charge on any atom is 0.119 e. The first-order valence-electron chi connectivity index (χ1n) is 6.04. The third kappa shape index (κ3) is 3.26. The van der Waals surface area contributed by atoms with Crippen LogP contribution in [0.5, 0.6) is 5.75 Å². The summed E-state index contributed by atoms with van der Waals surface area (Å²) in [7, 11) is 0. The fourth-order valence-electron chi connectivity index (χ4n) is 2.20. The summed E-state index contributed by atoms with van der Waals surface area (Å²) in [6, 6.07) is 8.35. The van der Waals surface area contributed by atoms with Crippen molar-refractivity contribution in [1.29, 1.82) is 0 Å². The van der Waals surface area contributed by atoms with E-state index in [-0.39, 0.29) is 0 Å². The van der Waals surface area contributed by atoms with Gasteiger partial charge in [-0.2, -0.15) is 0 Å². The van der Waals surface area contributed by atoms with Crippen LogP contribution in [0.3, 0.4) is 0 Å². The van der Waals surface area contributed by atoms with Gasteiger partial charge in [-0.15, -0.1) is 0 Å². The molecular formula is C14H20O. The lowest BCUT2D eigenvalue weighted by Gasteiger charge is -2.21. The molecule has 0 aliphatic heterocycles. The molecule has 1 fully saturated rings. The van der Waals surface area contributed by atoms with Crippen LogP contribution in [0.15, 0.2) is 24.3 Å². The standard InChI is InChI=1S/C14H20O/c1-12-7-9-14(10-8-12)15-11-13-5-3-2-4-6-13/h7-10,13H,2-6,11H2,1H3. The maximum absolute atomic E-state index is 5.80. The smallest absolute Gasteiger partial charge is 0.119 e. The van der Waals surface area contributed by atoms with Crippen LogP contribution < -0.4 is 4.74 Å². The fourth-order valence-corrected chi connectivity index (χ4v) is 2.20. The molecule has 0 amide bonds. The number of ether oxygens (including phenoxy) is 1. The van der Waals surface area contributed by atoms with Crippen molar-refractivity contribution in [3.63, 3.8) is 0 Å². The molecule has 1 nitrogen and oxygen atoms in total. The minimum Gasteiger partial charge on any atom is -0.493 e. The summed E-state index contributed by atoms with van der Waals surface area (Å²) >= 11 is 0. The van der Waals surface area contributed by atoms with Crippen molar-refractivity contribution in [1.82, 2.24) is 0 Å². The van der Waals surface area contributed by atoms with Gasteiger partial charge in [0.05, 0.1) is 6.61 Å². The Labute approximate surface area is 92.5 Å². The lowest BCUT2D eigenvalue weighted by Crippen LogP contribution is -2.15. The lowest BCUT2D eigenvalue weighted by atomic mass is 9.90. The van der Waals surface area contributed by atoms with Crippen LogP contribution in [0.1, 0.15) is 37.7 Å². The van der Waals surface area contributed by atoms with Crippen LogP contribution in [0.2, 0.25) is 0 Å². The van der Waals surface area contributed by atoms with E-state index >= 15 is 0 Å². The summed E-state index contributed by atoms with van der Waals surface area (Å²) in [5.74, 6) is 1.81. The molecular weight excluding hydrogens is 184 g/mol. The van der Waals surface area contributed by atoms with Crippen LogP contribution in [0.25, 0.3) is 0 Å². The molecule has 0 atom stereocenters. The quantitative estimate of drug-likeness (QED) is 0.724. The van der Waals surface area contributed by atoms with E-state index in [2.05, 4.69) is 31.2 Å². The van der Waals surface area contributed by atoms with Gasteiger partial charge in [0, 0.05) is 0 Å². The minimum absolute atomic E-state index is 0.792. The number of rotatable bonds is 3. The Bertz CT molecular complexity index is 283. The average molecular weight is 204 g/mol. The van der Waals surface area contributed by atoms with Crippen molar-refractivity contribution in [3.8, 4) is 5.75 Å². The van der Waals surface area contributed by atoms with Crippen molar-refractivity contribution >= 4 is 0 Å². The van der Waals surface area contributed by atoms with E-state index in [0.29, 0.717) is 0 Å². The monoisotopic (exact) mass is 204 g/mol. The molecule has 1 aromatic rings. The molecule has 0 aromatic heterocycles. The Balaban J connectivity index is 1.79. The summed E-state index contributed by atoms with van der Waals surface area (Å²) in [5.41, 5.74) is 1.29. The topological polar surface area (TPSA) is 9.23 Å². The van der Waals surface area contributed by atoms with Crippen molar-refractivity contribution < 1.29 is 4.74 Å². The second-order valence-electron chi connectivity index (χ2n) is 4.63. The van der Waals surface area contributed by atoms with Gasteiger partial charge in [-0.3, -0.25) is 0 Å². The first kappa shape index (κ1) is 10.5. The van der Waals surface area contributed by atoms with E-state index in [9.17, 15) is 0 Å². The Morgan fingerprint density at radius 1 is 1.07 bits per heavy atom. The molecule has 0 N–H and O–H groups in total. The lowest BCUT2D eigenvalue weighted by molar-refractivity contribution is 0.209. The fraction of sp³-hybridized carbons (Fsp3) is 0.571. The average Bonchev–Trinajstić information content (AvgIpc) is 2.30. The molecule has 0 unspecified atom stereocenters. The summed E-state index contributed by atoms with van der Waals surface area (Å²) in [5, 5.41) is 0. The second kappa shape index (κ2) is 5.20. The third-order valence-electron chi connectivity index (χ3n) is 3.23. The van der Waals surface area contributed by atoms with E-state index in [4.69, 9.17) is 4.74 Å². The zero-order chi connectivity index (χ0) is 10.5. The Morgan fingerprint density at radius 3 is 2.40 bits per heavy atom. The van der Waals surface area contributed by atoms with Crippen molar-refractivity contribution in [2.24, 2.45) is 5.92 Å². The SMILES string of the molecule is Cc1ccc(OCC2CCCCC2)cc1. The van der Waals surface area contributed by atoms with Gasteiger partial charge in [0.15, 0.2) is 0 Å². The molecule has 0 heterocycles. The van der Waals surface area contributed by atoms with Crippen LogP contribution in [0.4, 0.5) is 0 Å². The van der Waals surface area contributed by atoms with Gasteiger partial charge in [0.1, 0.15) is 5.75 Å². The van der Waals surface area contributed by atoms with Gasteiger partial charge in [-0.25, -0.2) is 0 Å². The number of aryl methyl sites for hydroxylation is 1. The predicted octanol–water partition coefficient (Wildman–Crippen LogP) is 3.95. The Kier molecular flexibility index (Phi) is 3.65. The molecule has 0 saturated heterocycles. The highest BCUT2D eigenvalue weighted by Gasteiger charge is 2.13. The van der Waals surface area contributed by atoms with E-state index in [1.54, 1.807) is 0 Å². The molecule has 82 valence electrons. The molecule has 1 aliphatic rings. The molecule has 1 heteroatoms. The normalized spacial score (nSPS) is 17.7. The highest BCUT2D eigenvalue weighted by Crippen LogP contribution is 2.24. The summed E-state index contributed by atoms with van der Waals surface area (Å²) in [6.45, 7) is 3.01. The minimum atomic E-state index is 0.792. The predicted molar refractivity (Wildman–Crippen MR) is 63.2 cm³/mol. The van der Waals surface area contributed by atoms with Gasteiger partial charge in [-0.1, -0.05) is 37.0 Å². The van der Waals surface area contributed by atoms with E-state index < -0.39 is 0 Å². The third-order valence-corrected chi connectivity index (χ3v) is 3.23. The number of hydrogen-bond acceptors (Lipinski definition) is 1. The van der Waals surface area contributed by atoms with Crippen LogP contribution in [-0.4, -0.2) is 6.61 Å². The van der Waals surface area contributed by atoms with E-state index in [1.165, 1.54) is 37.7 Å². The van der Waals surface area contributed by atoms with Gasteiger partial charge in [0.25, 0.3) is 0 Å². The zero-order valence-corrected chi connectivity index (χ0v) is 9.54.